The van der Waals surface area contributed by atoms with Gasteiger partial charge in [0.05, 0.1) is 6.61 Å². The van der Waals surface area contributed by atoms with E-state index in [1.807, 2.05) is 13.0 Å². The Morgan fingerprint density at radius 2 is 1.59 bits per heavy atom. The second kappa shape index (κ2) is 9.29. The molecule has 1 aromatic carbocycles. The maximum absolute atomic E-state index is 14.6. The van der Waals surface area contributed by atoms with Crippen LogP contribution in [0.4, 0.5) is 8.78 Å². The molecule has 160 valence electrons. The Morgan fingerprint density at radius 1 is 0.966 bits per heavy atom. The molecule has 1 nitrogen and oxygen atoms in total. The summed E-state index contributed by atoms with van der Waals surface area (Å²) in [5.41, 5.74) is 1.57. The predicted octanol–water partition coefficient (Wildman–Crippen LogP) is 7.77. The molecular formula is C26H36F2O. The second-order valence-corrected chi connectivity index (χ2v) is 9.75. The van der Waals surface area contributed by atoms with Crippen LogP contribution >= 0.6 is 0 Å². The van der Waals surface area contributed by atoms with Crippen LogP contribution in [-0.2, 0) is 4.74 Å². The zero-order chi connectivity index (χ0) is 20.4. The van der Waals surface area contributed by atoms with Gasteiger partial charge in [-0.05, 0) is 80.8 Å². The van der Waals surface area contributed by atoms with Crippen molar-refractivity contribution >= 4 is 6.08 Å². The van der Waals surface area contributed by atoms with Gasteiger partial charge in [-0.1, -0.05) is 44.8 Å². The highest BCUT2D eigenvalue weighted by atomic mass is 19.2. The number of aryl methyl sites for hydroxylation is 1. The predicted molar refractivity (Wildman–Crippen MR) is 115 cm³/mol. The van der Waals surface area contributed by atoms with Crippen LogP contribution in [0.3, 0.4) is 0 Å². The van der Waals surface area contributed by atoms with Gasteiger partial charge in [0.15, 0.2) is 11.6 Å². The molecule has 3 aliphatic rings. The van der Waals surface area contributed by atoms with Crippen LogP contribution in [0.5, 0.6) is 0 Å². The van der Waals surface area contributed by atoms with Crippen molar-refractivity contribution in [3.8, 4) is 0 Å². The molecule has 2 aliphatic carbocycles. The summed E-state index contributed by atoms with van der Waals surface area (Å²) in [6.07, 6.45) is 17.1. The third-order valence-corrected chi connectivity index (χ3v) is 7.77. The monoisotopic (exact) mass is 402 g/mol. The van der Waals surface area contributed by atoms with Gasteiger partial charge in [-0.15, -0.1) is 0 Å². The molecule has 1 heterocycles. The van der Waals surface area contributed by atoms with Crippen LogP contribution < -0.4 is 0 Å². The summed E-state index contributed by atoms with van der Waals surface area (Å²) in [6.45, 7) is 4.66. The van der Waals surface area contributed by atoms with Gasteiger partial charge in [-0.3, -0.25) is 0 Å². The normalized spacial score (nSPS) is 32.6. The van der Waals surface area contributed by atoms with Crippen molar-refractivity contribution in [2.75, 3.05) is 6.61 Å². The number of benzene rings is 1. The molecule has 3 fully saturated rings. The van der Waals surface area contributed by atoms with E-state index in [0.717, 1.165) is 23.3 Å². The first kappa shape index (κ1) is 21.0. The lowest BCUT2D eigenvalue weighted by Crippen LogP contribution is -2.25. The SMILES string of the molecule is CCCC1CCC(C2CCC(/C=C/c3c(C)cc(C4CO4)c(F)c3F)CC2)CC1. The maximum Gasteiger partial charge on any atom is 0.166 e. The molecule has 1 atom stereocenters. The summed E-state index contributed by atoms with van der Waals surface area (Å²) >= 11 is 0. The highest BCUT2D eigenvalue weighted by Gasteiger charge is 2.32. The fraction of sp³-hybridized carbons (Fsp3) is 0.692. The van der Waals surface area contributed by atoms with E-state index in [1.54, 1.807) is 6.07 Å². The molecule has 4 rings (SSSR count). The molecule has 0 radical (unpaired) electrons. The number of hydrogen-bond acceptors (Lipinski definition) is 1. The minimum absolute atomic E-state index is 0.256. The lowest BCUT2D eigenvalue weighted by Gasteiger charge is -2.37. The van der Waals surface area contributed by atoms with Gasteiger partial charge in [0.1, 0.15) is 6.10 Å². The van der Waals surface area contributed by atoms with Crippen molar-refractivity contribution < 1.29 is 13.5 Å². The minimum Gasteiger partial charge on any atom is -0.368 e. The van der Waals surface area contributed by atoms with Crippen LogP contribution in [0.1, 0.15) is 93.9 Å². The number of halogens is 2. The fourth-order valence-electron chi connectivity index (χ4n) is 5.86. The Labute approximate surface area is 174 Å². The molecule has 2 saturated carbocycles. The van der Waals surface area contributed by atoms with Crippen molar-refractivity contribution in [1.29, 1.82) is 0 Å². The Kier molecular flexibility index (Phi) is 6.73. The van der Waals surface area contributed by atoms with Gasteiger partial charge in [0, 0.05) is 11.1 Å². The molecule has 3 heteroatoms. The average Bonchev–Trinajstić information content (AvgIpc) is 3.57. The van der Waals surface area contributed by atoms with E-state index >= 15 is 0 Å². The standard InChI is InChI=1S/C26H36F2O/c1-3-4-18-5-10-20(11-6-18)21-12-7-19(8-13-21)9-14-22-17(2)15-23(24-16-29-24)26(28)25(22)27/h9,14-15,18-21,24H,3-8,10-13,16H2,1-2H3/b14-9+. The third kappa shape index (κ3) is 4.93. The van der Waals surface area contributed by atoms with Gasteiger partial charge in [0.2, 0.25) is 0 Å². The van der Waals surface area contributed by atoms with Gasteiger partial charge in [0.25, 0.3) is 0 Å². The topological polar surface area (TPSA) is 12.5 Å². The van der Waals surface area contributed by atoms with Crippen molar-refractivity contribution in [2.45, 2.75) is 84.2 Å². The summed E-state index contributed by atoms with van der Waals surface area (Å²) in [5.74, 6) is 1.84. The summed E-state index contributed by atoms with van der Waals surface area (Å²) < 4.78 is 34.1. The molecule has 1 aliphatic heterocycles. The zero-order valence-corrected chi connectivity index (χ0v) is 18.1. The van der Waals surface area contributed by atoms with Crippen molar-refractivity contribution in [3.63, 3.8) is 0 Å². The van der Waals surface area contributed by atoms with E-state index in [1.165, 1.54) is 64.2 Å². The van der Waals surface area contributed by atoms with Gasteiger partial charge < -0.3 is 4.74 Å². The van der Waals surface area contributed by atoms with Crippen LogP contribution in [0.25, 0.3) is 6.08 Å². The first-order chi connectivity index (χ1) is 14.1. The van der Waals surface area contributed by atoms with Crippen LogP contribution in [0, 0.1) is 42.2 Å². The molecule has 0 aromatic heterocycles. The van der Waals surface area contributed by atoms with Crippen molar-refractivity contribution in [3.05, 3.63) is 40.5 Å². The van der Waals surface area contributed by atoms with Gasteiger partial charge >= 0.3 is 0 Å². The van der Waals surface area contributed by atoms with Crippen molar-refractivity contribution in [1.82, 2.24) is 0 Å². The smallest absolute Gasteiger partial charge is 0.166 e. The zero-order valence-electron chi connectivity index (χ0n) is 18.1. The Morgan fingerprint density at radius 3 is 2.17 bits per heavy atom. The lowest BCUT2D eigenvalue weighted by molar-refractivity contribution is 0.152. The molecular weight excluding hydrogens is 366 g/mol. The molecule has 0 bridgehead atoms. The Bertz CT molecular complexity index is 721. The first-order valence-electron chi connectivity index (χ1n) is 11.8. The highest BCUT2D eigenvalue weighted by Crippen LogP contribution is 2.42. The minimum atomic E-state index is -0.736. The van der Waals surface area contributed by atoms with E-state index in [2.05, 4.69) is 13.0 Å². The number of allylic oxidation sites excluding steroid dienone is 1. The second-order valence-electron chi connectivity index (χ2n) is 9.75. The Hall–Kier alpha value is -1.22. The molecule has 0 N–H and O–H groups in total. The number of ether oxygens (including phenoxy) is 1. The lowest BCUT2D eigenvalue weighted by atomic mass is 9.68. The maximum atomic E-state index is 14.6. The summed E-state index contributed by atoms with van der Waals surface area (Å²) in [5, 5.41) is 0. The average molecular weight is 403 g/mol. The van der Waals surface area contributed by atoms with Crippen LogP contribution in [-0.4, -0.2) is 6.61 Å². The van der Waals surface area contributed by atoms with Crippen LogP contribution in [0.15, 0.2) is 12.1 Å². The number of hydrogen-bond donors (Lipinski definition) is 0. The molecule has 1 aromatic rings. The van der Waals surface area contributed by atoms with E-state index in [9.17, 15) is 8.78 Å². The van der Waals surface area contributed by atoms with Gasteiger partial charge in [-0.25, -0.2) is 8.78 Å². The molecule has 1 unspecified atom stereocenters. The number of epoxide rings is 1. The molecule has 0 spiro atoms. The van der Waals surface area contributed by atoms with Crippen LogP contribution in [0.2, 0.25) is 0 Å². The van der Waals surface area contributed by atoms with E-state index < -0.39 is 11.6 Å². The molecule has 29 heavy (non-hydrogen) atoms. The summed E-state index contributed by atoms with van der Waals surface area (Å²) in [7, 11) is 0. The molecule has 0 amide bonds. The van der Waals surface area contributed by atoms with E-state index in [4.69, 9.17) is 4.74 Å². The van der Waals surface area contributed by atoms with Gasteiger partial charge in [-0.2, -0.15) is 0 Å². The Balaban J connectivity index is 1.31. The van der Waals surface area contributed by atoms with Crippen molar-refractivity contribution in [2.24, 2.45) is 23.7 Å². The third-order valence-electron chi connectivity index (χ3n) is 7.77. The highest BCUT2D eigenvalue weighted by molar-refractivity contribution is 5.56. The largest absolute Gasteiger partial charge is 0.368 e. The van der Waals surface area contributed by atoms with E-state index in [-0.39, 0.29) is 6.10 Å². The quantitative estimate of drug-likeness (QED) is 0.443. The molecule has 1 saturated heterocycles. The number of rotatable bonds is 6. The fourth-order valence-corrected chi connectivity index (χ4v) is 5.86. The summed E-state index contributed by atoms with van der Waals surface area (Å²) in [6, 6.07) is 1.75. The van der Waals surface area contributed by atoms with E-state index in [0.29, 0.717) is 23.7 Å². The summed E-state index contributed by atoms with van der Waals surface area (Å²) in [4.78, 5) is 0. The first-order valence-corrected chi connectivity index (χ1v) is 11.8.